The van der Waals surface area contributed by atoms with E-state index in [1.165, 1.54) is 219 Å². The number of hydrogen-bond acceptors (Lipinski definition) is 3. The number of benzene rings is 26. The highest BCUT2D eigenvalue weighted by Gasteiger charge is 2.25. The van der Waals surface area contributed by atoms with Crippen molar-refractivity contribution in [1.82, 2.24) is 0 Å². The van der Waals surface area contributed by atoms with Gasteiger partial charge in [-0.15, -0.1) is 0 Å². The van der Waals surface area contributed by atoms with Crippen LogP contribution in [-0.4, -0.2) is 0 Å². The Balaban J connectivity index is 0.000000104. The monoisotopic (exact) mass is 1740 g/mol. The van der Waals surface area contributed by atoms with Gasteiger partial charge in [0.15, 0.2) is 0 Å². The van der Waals surface area contributed by atoms with Crippen LogP contribution < -0.4 is 0 Å². The molecule has 0 aliphatic heterocycles. The molecular formula is C134H82O3. The molecule has 3 aromatic heterocycles. The second kappa shape index (κ2) is 32.5. The van der Waals surface area contributed by atoms with Gasteiger partial charge in [-0.25, -0.2) is 0 Å². The Morgan fingerprint density at radius 3 is 0.584 bits per heavy atom. The summed E-state index contributed by atoms with van der Waals surface area (Å²) in [7, 11) is 0. The first-order valence-corrected chi connectivity index (χ1v) is 47.1. The van der Waals surface area contributed by atoms with Gasteiger partial charge in [0.1, 0.15) is 33.5 Å². The van der Waals surface area contributed by atoms with E-state index in [9.17, 15) is 0 Å². The lowest BCUT2D eigenvalue weighted by Gasteiger charge is -2.19. The van der Waals surface area contributed by atoms with Crippen LogP contribution in [0, 0.1) is 0 Å². The average Bonchev–Trinajstić information content (AvgIpc) is 1.64. The molecule has 3 heteroatoms. The maximum atomic E-state index is 6.42. The molecule has 26 aromatic carbocycles. The number of hydrogen-bond donors (Lipinski definition) is 0. The van der Waals surface area contributed by atoms with Crippen LogP contribution in [-0.2, 0) is 0 Å². The van der Waals surface area contributed by atoms with Crippen molar-refractivity contribution in [2.24, 2.45) is 0 Å². The topological polar surface area (TPSA) is 39.4 Å². The summed E-state index contributed by atoms with van der Waals surface area (Å²) in [5.74, 6) is 0. The third kappa shape index (κ3) is 13.6. The van der Waals surface area contributed by atoms with Gasteiger partial charge in [0.25, 0.3) is 0 Å². The molecule has 29 rings (SSSR count). The first-order valence-electron chi connectivity index (χ1n) is 47.1. The Labute approximate surface area is 789 Å². The zero-order chi connectivity index (χ0) is 90.1. The molecule has 0 atom stereocenters. The molecule has 0 unspecified atom stereocenters. The molecule has 0 aliphatic rings. The fraction of sp³-hybridized carbons (Fsp3) is 0. The van der Waals surface area contributed by atoms with Crippen LogP contribution in [0.2, 0.25) is 0 Å². The maximum Gasteiger partial charge on any atom is 0.136 e. The molecule has 0 radical (unpaired) electrons. The minimum absolute atomic E-state index is 0.908. The zero-order valence-electron chi connectivity index (χ0n) is 74.6. The Kier molecular flexibility index (Phi) is 18.7. The normalized spacial score (nSPS) is 11.8. The van der Waals surface area contributed by atoms with E-state index in [1.54, 1.807) is 0 Å². The highest BCUT2D eigenvalue weighted by atomic mass is 16.3. The fourth-order valence-electron chi connectivity index (χ4n) is 22.0. The molecule has 0 aliphatic carbocycles. The first kappa shape index (κ1) is 78.8. The third-order valence-electron chi connectivity index (χ3n) is 28.4. The molecule has 636 valence electrons. The summed E-state index contributed by atoms with van der Waals surface area (Å²) in [6.45, 7) is 0. The van der Waals surface area contributed by atoms with Crippen molar-refractivity contribution in [2.75, 3.05) is 0 Å². The van der Waals surface area contributed by atoms with E-state index in [0.717, 1.165) is 65.8 Å². The van der Waals surface area contributed by atoms with Gasteiger partial charge in [-0.2, -0.15) is 0 Å². The number of furan rings is 3. The zero-order valence-corrected chi connectivity index (χ0v) is 74.6. The van der Waals surface area contributed by atoms with Gasteiger partial charge >= 0.3 is 0 Å². The van der Waals surface area contributed by atoms with Crippen molar-refractivity contribution in [2.45, 2.75) is 0 Å². The predicted molar refractivity (Wildman–Crippen MR) is 583 cm³/mol. The molecule has 0 amide bonds. The summed E-state index contributed by atoms with van der Waals surface area (Å²) < 4.78 is 19.2. The van der Waals surface area contributed by atoms with E-state index in [2.05, 4.69) is 497 Å². The van der Waals surface area contributed by atoms with Gasteiger partial charge < -0.3 is 13.3 Å². The number of fused-ring (bicyclic) bond motifs is 20. The maximum absolute atomic E-state index is 6.42. The van der Waals surface area contributed by atoms with Gasteiger partial charge in [-0.3, -0.25) is 0 Å². The van der Waals surface area contributed by atoms with E-state index in [0.29, 0.717) is 0 Å². The summed E-state index contributed by atoms with van der Waals surface area (Å²) in [6.07, 6.45) is 0. The summed E-state index contributed by atoms with van der Waals surface area (Å²) in [6, 6.07) is 180. The van der Waals surface area contributed by atoms with Crippen LogP contribution in [0.4, 0.5) is 0 Å². The standard InChI is InChI=1S/2C46H28O.C42H26O/c1-2-11-30(12-3-1)45-37-16-8-9-17-38(37)46(39-22-20-35(26-42(39)45)34-19-18-29-10-4-5-13-31(29)24-34)36-21-23-43-40(27-36)41-25-32-14-6-7-15-33(32)28-44(41)47-43;1-2-11-30(12-3-1)45-37-16-8-9-17-38(37)46(42-26-35(20-22-39(42)45)34-19-18-29-10-4-5-13-31(29)24-34)36-21-23-43-40(27-36)41-25-32-14-6-7-15-33(32)28-44(41)47-43;1-3-11-27(12-4-1)31-19-21-35-38(24-31)41(28-13-5-2-6-14-28)33-17-9-10-18-34(33)42(35)32-20-22-39-36(25-32)37-23-29-15-7-8-16-30(29)26-40(37)43-39/h2*1-28H;1-26H. The molecule has 0 N–H and O–H groups in total. The Morgan fingerprint density at radius 2 is 0.277 bits per heavy atom. The van der Waals surface area contributed by atoms with Crippen LogP contribution in [0.25, 0.3) is 284 Å². The van der Waals surface area contributed by atoms with Crippen LogP contribution in [0.1, 0.15) is 0 Å². The number of rotatable bonds is 9. The predicted octanol–water partition coefficient (Wildman–Crippen LogP) is 38.4. The summed E-state index contributed by atoms with van der Waals surface area (Å²) in [4.78, 5) is 0. The Bertz CT molecular complexity index is 9970. The van der Waals surface area contributed by atoms with Gasteiger partial charge in [0.2, 0.25) is 0 Å². The highest BCUT2D eigenvalue weighted by molar-refractivity contribution is 6.27. The van der Waals surface area contributed by atoms with Crippen molar-refractivity contribution < 1.29 is 13.3 Å². The van der Waals surface area contributed by atoms with Crippen LogP contribution >= 0.6 is 0 Å². The third-order valence-corrected chi connectivity index (χ3v) is 28.4. The largest absolute Gasteiger partial charge is 0.456 e. The van der Waals surface area contributed by atoms with Crippen molar-refractivity contribution >= 4 is 184 Å². The summed E-state index contributed by atoms with van der Waals surface area (Å²) in [5, 5.41) is 34.1. The molecule has 0 saturated heterocycles. The fourth-order valence-corrected chi connectivity index (χ4v) is 22.0. The van der Waals surface area contributed by atoms with Gasteiger partial charge in [0, 0.05) is 32.3 Å². The molecule has 0 fully saturated rings. The summed E-state index contributed by atoms with van der Waals surface area (Å²) in [5.41, 5.74) is 27.6. The van der Waals surface area contributed by atoms with Crippen molar-refractivity contribution in [3.63, 3.8) is 0 Å². The van der Waals surface area contributed by atoms with Gasteiger partial charge in [-0.05, 0) is 322 Å². The molecule has 0 spiro atoms. The molecule has 29 aromatic rings. The average molecular weight is 1740 g/mol. The molecule has 3 heterocycles. The van der Waals surface area contributed by atoms with E-state index in [4.69, 9.17) is 13.3 Å². The highest BCUT2D eigenvalue weighted by Crippen LogP contribution is 2.52. The molecule has 3 nitrogen and oxygen atoms in total. The summed E-state index contributed by atoms with van der Waals surface area (Å²) >= 11 is 0. The van der Waals surface area contributed by atoms with E-state index < -0.39 is 0 Å². The van der Waals surface area contributed by atoms with Crippen molar-refractivity contribution in [3.05, 3.63) is 497 Å². The van der Waals surface area contributed by atoms with Crippen LogP contribution in [0.5, 0.6) is 0 Å². The Hall–Kier alpha value is -18.0. The molecular weight excluding hydrogens is 1660 g/mol. The van der Waals surface area contributed by atoms with Gasteiger partial charge in [0.05, 0.1) is 0 Å². The Morgan fingerprint density at radius 1 is 0.0876 bits per heavy atom. The smallest absolute Gasteiger partial charge is 0.136 e. The van der Waals surface area contributed by atoms with Gasteiger partial charge in [-0.1, -0.05) is 394 Å². The van der Waals surface area contributed by atoms with Crippen molar-refractivity contribution in [1.29, 1.82) is 0 Å². The van der Waals surface area contributed by atoms with Crippen LogP contribution in [0.15, 0.2) is 511 Å². The van der Waals surface area contributed by atoms with Crippen molar-refractivity contribution in [3.8, 4) is 100 Å². The van der Waals surface area contributed by atoms with Crippen LogP contribution in [0.3, 0.4) is 0 Å². The lowest BCUT2D eigenvalue weighted by molar-refractivity contribution is 0.669. The second-order valence-electron chi connectivity index (χ2n) is 36.3. The quantitative estimate of drug-likeness (QED) is 0.135. The lowest BCUT2D eigenvalue weighted by atomic mass is 9.84. The van der Waals surface area contributed by atoms with E-state index in [1.807, 2.05) is 0 Å². The molecule has 0 bridgehead atoms. The second-order valence-corrected chi connectivity index (χ2v) is 36.3. The SMILES string of the molecule is c1ccc(-c2c3ccccc3c(-c3ccc4oc5cc6ccccc6cc5c4c3)c3cc(-c4ccc5ccccc5c4)ccc23)cc1.c1ccc(-c2c3ccccc3c(-c3ccc4oc5cc6ccccc6cc5c4c3)c3ccc(-c4ccc5ccccc5c4)cc23)cc1.c1ccc(-c2ccc3c(-c4ccc5oc6cc7ccccc7cc6c5c4)c4ccccc4c(-c4ccccc4)c3c2)cc1. The molecule has 137 heavy (non-hydrogen) atoms. The van der Waals surface area contributed by atoms with E-state index in [-0.39, 0.29) is 0 Å². The molecule has 0 saturated carbocycles. The minimum Gasteiger partial charge on any atom is -0.456 e. The minimum atomic E-state index is 0.908. The lowest BCUT2D eigenvalue weighted by Crippen LogP contribution is -1.92. The first-order chi connectivity index (χ1) is 67.9. The van der Waals surface area contributed by atoms with E-state index >= 15 is 0 Å².